The van der Waals surface area contributed by atoms with Crippen LogP contribution in [0.1, 0.15) is 23.2 Å². The summed E-state index contributed by atoms with van der Waals surface area (Å²) in [4.78, 5) is 18.2. The fraction of sp³-hybridized carbons (Fsp3) is 0.412. The van der Waals surface area contributed by atoms with E-state index in [1.54, 1.807) is 42.5 Å². The van der Waals surface area contributed by atoms with Gasteiger partial charge in [-0.25, -0.2) is 9.78 Å². The van der Waals surface area contributed by atoms with Crippen molar-refractivity contribution in [1.29, 1.82) is 0 Å². The molecule has 0 saturated heterocycles. The van der Waals surface area contributed by atoms with Gasteiger partial charge in [0.25, 0.3) is 0 Å². The number of benzene rings is 1. The standard InChI is InChI=1S/C17H22ClN3O3S/c1-5-24-16-14(18)6-12(7-15(16)23-4)8-19-17(22)21(3)9-13-10-25-11(2)20-13/h6-7,10H,5,8-9H2,1-4H3,(H,19,22). The minimum atomic E-state index is -0.186. The van der Waals surface area contributed by atoms with Crippen LogP contribution in [0.5, 0.6) is 11.5 Å². The molecule has 0 saturated carbocycles. The molecule has 6 nitrogen and oxygen atoms in total. The second-order valence-corrected chi connectivity index (χ2v) is 6.88. The number of aromatic nitrogens is 1. The molecule has 2 rings (SSSR count). The maximum absolute atomic E-state index is 12.2. The second-order valence-electron chi connectivity index (χ2n) is 5.41. The Morgan fingerprint density at radius 2 is 2.20 bits per heavy atom. The number of nitrogens with one attached hydrogen (secondary N) is 1. The highest BCUT2D eigenvalue weighted by Gasteiger charge is 2.14. The van der Waals surface area contributed by atoms with Gasteiger partial charge in [-0.3, -0.25) is 0 Å². The van der Waals surface area contributed by atoms with Crippen LogP contribution in [-0.2, 0) is 13.1 Å². The van der Waals surface area contributed by atoms with Crippen molar-refractivity contribution < 1.29 is 14.3 Å². The average molecular weight is 384 g/mol. The van der Waals surface area contributed by atoms with Gasteiger partial charge < -0.3 is 19.7 Å². The van der Waals surface area contributed by atoms with Crippen molar-refractivity contribution in [1.82, 2.24) is 15.2 Å². The quantitative estimate of drug-likeness (QED) is 0.788. The lowest BCUT2D eigenvalue weighted by Crippen LogP contribution is -2.36. The monoisotopic (exact) mass is 383 g/mol. The van der Waals surface area contributed by atoms with Gasteiger partial charge in [-0.1, -0.05) is 11.6 Å². The molecule has 0 unspecified atom stereocenters. The summed E-state index contributed by atoms with van der Waals surface area (Å²) < 4.78 is 10.8. The zero-order valence-corrected chi connectivity index (χ0v) is 16.3. The number of urea groups is 1. The van der Waals surface area contributed by atoms with Crippen molar-refractivity contribution in [2.24, 2.45) is 0 Å². The van der Waals surface area contributed by atoms with E-state index in [2.05, 4.69) is 10.3 Å². The van der Waals surface area contributed by atoms with Crippen molar-refractivity contribution in [2.45, 2.75) is 26.9 Å². The molecule has 0 aliphatic rings. The van der Waals surface area contributed by atoms with Crippen molar-refractivity contribution in [3.8, 4) is 11.5 Å². The van der Waals surface area contributed by atoms with Crippen molar-refractivity contribution in [3.05, 3.63) is 38.8 Å². The van der Waals surface area contributed by atoms with Crippen LogP contribution in [0.15, 0.2) is 17.5 Å². The highest BCUT2D eigenvalue weighted by atomic mass is 35.5. The van der Waals surface area contributed by atoms with E-state index in [9.17, 15) is 4.79 Å². The Kier molecular flexibility index (Phi) is 6.90. The third-order valence-electron chi connectivity index (χ3n) is 3.43. The van der Waals surface area contributed by atoms with Crippen LogP contribution in [0.3, 0.4) is 0 Å². The van der Waals surface area contributed by atoms with E-state index in [1.165, 1.54) is 0 Å². The maximum atomic E-state index is 12.2. The number of rotatable bonds is 7. The number of aryl methyl sites for hydroxylation is 1. The molecule has 0 bridgehead atoms. The molecule has 0 fully saturated rings. The molecular formula is C17H22ClN3O3S. The zero-order valence-electron chi connectivity index (χ0n) is 14.8. The Morgan fingerprint density at radius 3 is 2.80 bits per heavy atom. The number of thiazole rings is 1. The number of halogens is 1. The van der Waals surface area contributed by atoms with E-state index in [1.807, 2.05) is 19.2 Å². The molecule has 1 aromatic heterocycles. The molecule has 1 N–H and O–H groups in total. The van der Waals surface area contributed by atoms with Crippen LogP contribution in [0, 0.1) is 6.92 Å². The minimum absolute atomic E-state index is 0.186. The lowest BCUT2D eigenvalue weighted by atomic mass is 10.2. The largest absolute Gasteiger partial charge is 0.493 e. The zero-order chi connectivity index (χ0) is 18.4. The first kappa shape index (κ1) is 19.3. The summed E-state index contributed by atoms with van der Waals surface area (Å²) in [5, 5.41) is 6.26. The number of hydrogen-bond donors (Lipinski definition) is 1. The topological polar surface area (TPSA) is 63.7 Å². The Labute approximate surface area is 156 Å². The fourth-order valence-electron chi connectivity index (χ4n) is 2.27. The van der Waals surface area contributed by atoms with Crippen molar-refractivity contribution >= 4 is 29.0 Å². The highest BCUT2D eigenvalue weighted by molar-refractivity contribution is 7.09. The smallest absolute Gasteiger partial charge is 0.317 e. The highest BCUT2D eigenvalue weighted by Crippen LogP contribution is 2.36. The molecule has 25 heavy (non-hydrogen) atoms. The number of carbonyl (C=O) groups excluding carboxylic acids is 1. The van der Waals surface area contributed by atoms with Crippen LogP contribution in [-0.4, -0.2) is 36.7 Å². The van der Waals surface area contributed by atoms with Gasteiger partial charge in [-0.2, -0.15) is 0 Å². The predicted octanol–water partition coefficient (Wildman–Crippen LogP) is 3.85. The Hall–Kier alpha value is -1.99. The number of carbonyl (C=O) groups is 1. The van der Waals surface area contributed by atoms with Gasteiger partial charge in [-0.05, 0) is 31.5 Å². The normalized spacial score (nSPS) is 10.4. The van der Waals surface area contributed by atoms with Gasteiger partial charge >= 0.3 is 6.03 Å². The summed E-state index contributed by atoms with van der Waals surface area (Å²) in [6.45, 7) is 5.11. The van der Waals surface area contributed by atoms with E-state index in [-0.39, 0.29) is 6.03 Å². The van der Waals surface area contributed by atoms with Gasteiger partial charge in [0.15, 0.2) is 11.5 Å². The molecule has 0 radical (unpaired) electrons. The number of hydrogen-bond acceptors (Lipinski definition) is 5. The van der Waals surface area contributed by atoms with E-state index >= 15 is 0 Å². The molecule has 2 amide bonds. The molecule has 0 aliphatic heterocycles. The molecule has 8 heteroatoms. The summed E-state index contributed by atoms with van der Waals surface area (Å²) in [6, 6.07) is 3.38. The third kappa shape index (κ3) is 5.24. The van der Waals surface area contributed by atoms with Crippen LogP contribution in [0.2, 0.25) is 5.02 Å². The van der Waals surface area contributed by atoms with E-state index in [0.29, 0.717) is 36.2 Å². The predicted molar refractivity (Wildman–Crippen MR) is 99.7 cm³/mol. The lowest BCUT2D eigenvalue weighted by molar-refractivity contribution is 0.206. The van der Waals surface area contributed by atoms with Gasteiger partial charge in [-0.15, -0.1) is 11.3 Å². The van der Waals surface area contributed by atoms with Gasteiger partial charge in [0.2, 0.25) is 0 Å². The lowest BCUT2D eigenvalue weighted by Gasteiger charge is -2.18. The van der Waals surface area contributed by atoms with Gasteiger partial charge in [0.1, 0.15) is 0 Å². The van der Waals surface area contributed by atoms with Crippen LogP contribution in [0.4, 0.5) is 4.79 Å². The summed E-state index contributed by atoms with van der Waals surface area (Å²) in [5.74, 6) is 1.06. The molecule has 0 spiro atoms. The molecule has 0 atom stereocenters. The second kappa shape index (κ2) is 8.92. The van der Waals surface area contributed by atoms with E-state index < -0.39 is 0 Å². The van der Waals surface area contributed by atoms with Crippen molar-refractivity contribution in [2.75, 3.05) is 20.8 Å². The summed E-state index contributed by atoms with van der Waals surface area (Å²) >= 11 is 7.81. The summed E-state index contributed by atoms with van der Waals surface area (Å²) in [7, 11) is 3.29. The SMILES string of the molecule is CCOc1c(Cl)cc(CNC(=O)N(C)Cc2csc(C)n2)cc1OC. The Balaban J connectivity index is 1.97. The molecule has 2 aromatic rings. The summed E-state index contributed by atoms with van der Waals surface area (Å²) in [6.07, 6.45) is 0. The third-order valence-corrected chi connectivity index (χ3v) is 4.54. The fourth-order valence-corrected chi connectivity index (χ4v) is 3.16. The Morgan fingerprint density at radius 1 is 1.44 bits per heavy atom. The Bertz CT molecular complexity index is 736. The molecule has 136 valence electrons. The first-order valence-corrected chi connectivity index (χ1v) is 9.09. The number of ether oxygens (including phenoxy) is 2. The van der Waals surface area contributed by atoms with Crippen molar-refractivity contribution in [3.63, 3.8) is 0 Å². The molecule has 1 heterocycles. The van der Waals surface area contributed by atoms with E-state index in [0.717, 1.165) is 16.3 Å². The first-order chi connectivity index (χ1) is 11.9. The van der Waals surface area contributed by atoms with Crippen LogP contribution < -0.4 is 14.8 Å². The molecule has 1 aromatic carbocycles. The van der Waals surface area contributed by atoms with Crippen LogP contribution >= 0.6 is 22.9 Å². The first-order valence-electron chi connectivity index (χ1n) is 7.83. The van der Waals surface area contributed by atoms with Crippen LogP contribution in [0.25, 0.3) is 0 Å². The number of methoxy groups -OCH3 is 1. The maximum Gasteiger partial charge on any atom is 0.317 e. The molecular weight excluding hydrogens is 362 g/mol. The van der Waals surface area contributed by atoms with Gasteiger partial charge in [0.05, 0.1) is 36.0 Å². The van der Waals surface area contributed by atoms with Gasteiger partial charge in [0, 0.05) is 19.0 Å². The summed E-state index contributed by atoms with van der Waals surface area (Å²) in [5.41, 5.74) is 1.71. The number of amides is 2. The molecule has 0 aliphatic carbocycles. The minimum Gasteiger partial charge on any atom is -0.493 e. The number of nitrogens with zero attached hydrogens (tertiary/aromatic N) is 2. The average Bonchev–Trinajstić information content (AvgIpc) is 2.99. The van der Waals surface area contributed by atoms with E-state index in [4.69, 9.17) is 21.1 Å².